The topological polar surface area (TPSA) is 29.9 Å². The summed E-state index contributed by atoms with van der Waals surface area (Å²) in [4.78, 5) is 6.60. The maximum absolute atomic E-state index is 5.27. The monoisotopic (exact) mass is 473 g/mol. The SMILES string of the molecule is CCCCC(Nc1c(C(C)C)cccc1C(C)C)c1nc(-c2c(C)sc3ccccc23)cn1C. The van der Waals surface area contributed by atoms with Crippen LogP contribution >= 0.6 is 11.3 Å². The number of hydrogen-bond donors (Lipinski definition) is 1. The van der Waals surface area contributed by atoms with Crippen molar-refractivity contribution < 1.29 is 0 Å². The van der Waals surface area contributed by atoms with Gasteiger partial charge in [-0.25, -0.2) is 4.98 Å². The molecule has 1 atom stereocenters. The maximum atomic E-state index is 5.27. The average molecular weight is 474 g/mol. The Morgan fingerprint density at radius 2 is 1.65 bits per heavy atom. The molecule has 2 aromatic carbocycles. The summed E-state index contributed by atoms with van der Waals surface area (Å²) in [5.74, 6) is 2.04. The van der Waals surface area contributed by atoms with Crippen LogP contribution in [0.2, 0.25) is 0 Å². The van der Waals surface area contributed by atoms with E-state index in [1.54, 1.807) is 0 Å². The molecule has 1 unspecified atom stereocenters. The standard InChI is InChI=1S/C30H39N3S/c1-8-9-16-25(31-29-22(19(2)3)14-12-15-23(29)20(4)5)30-32-26(18-33(30)7)28-21(6)34-27-17-11-10-13-24(27)28/h10-15,17-20,25,31H,8-9,16H2,1-7H3. The van der Waals surface area contributed by atoms with E-state index in [0.29, 0.717) is 11.8 Å². The van der Waals surface area contributed by atoms with Crippen molar-refractivity contribution in [2.45, 2.75) is 78.7 Å². The van der Waals surface area contributed by atoms with Gasteiger partial charge in [-0.3, -0.25) is 0 Å². The quantitative estimate of drug-likeness (QED) is 0.262. The molecule has 3 nitrogen and oxygen atoms in total. The van der Waals surface area contributed by atoms with E-state index < -0.39 is 0 Å². The average Bonchev–Trinajstić information content (AvgIpc) is 3.34. The number of hydrogen-bond acceptors (Lipinski definition) is 3. The van der Waals surface area contributed by atoms with Crippen LogP contribution in [-0.2, 0) is 7.05 Å². The van der Waals surface area contributed by atoms with Gasteiger partial charge in [0.05, 0.1) is 11.7 Å². The zero-order chi connectivity index (χ0) is 24.4. The van der Waals surface area contributed by atoms with E-state index in [9.17, 15) is 0 Å². The molecule has 34 heavy (non-hydrogen) atoms. The van der Waals surface area contributed by atoms with Gasteiger partial charge in [0.2, 0.25) is 0 Å². The van der Waals surface area contributed by atoms with Gasteiger partial charge >= 0.3 is 0 Å². The molecule has 0 aliphatic heterocycles. The minimum absolute atomic E-state index is 0.168. The van der Waals surface area contributed by atoms with Gasteiger partial charge in [0, 0.05) is 39.5 Å². The van der Waals surface area contributed by atoms with Gasteiger partial charge in [0.25, 0.3) is 0 Å². The molecule has 0 aliphatic rings. The summed E-state index contributed by atoms with van der Waals surface area (Å²) >= 11 is 1.86. The fourth-order valence-electron chi connectivity index (χ4n) is 4.98. The van der Waals surface area contributed by atoms with Crippen LogP contribution in [0, 0.1) is 6.92 Å². The summed E-state index contributed by atoms with van der Waals surface area (Å²) in [6.45, 7) is 13.6. The van der Waals surface area contributed by atoms with Crippen LogP contribution in [0.3, 0.4) is 0 Å². The second-order valence-corrected chi connectivity index (χ2v) is 11.3. The minimum Gasteiger partial charge on any atom is -0.375 e. The summed E-state index contributed by atoms with van der Waals surface area (Å²) in [5.41, 5.74) is 6.44. The van der Waals surface area contributed by atoms with Crippen LogP contribution in [-0.4, -0.2) is 9.55 Å². The number of unbranched alkanes of at least 4 members (excludes halogenated alkanes) is 1. The van der Waals surface area contributed by atoms with Crippen LogP contribution in [0.4, 0.5) is 5.69 Å². The lowest BCUT2D eigenvalue weighted by molar-refractivity contribution is 0.585. The third kappa shape index (κ3) is 4.79. The fraction of sp³-hybridized carbons (Fsp3) is 0.433. The fourth-order valence-corrected chi connectivity index (χ4v) is 6.05. The molecule has 0 bridgehead atoms. The molecule has 0 spiro atoms. The normalized spacial score (nSPS) is 12.7. The molecule has 1 N–H and O–H groups in total. The number of thiophene rings is 1. The molecule has 0 aliphatic carbocycles. The Balaban J connectivity index is 1.79. The molecular formula is C30H39N3S. The van der Waals surface area contributed by atoms with Gasteiger partial charge in [0.15, 0.2) is 0 Å². The van der Waals surface area contributed by atoms with E-state index >= 15 is 0 Å². The summed E-state index contributed by atoms with van der Waals surface area (Å²) in [6, 6.07) is 15.6. The largest absolute Gasteiger partial charge is 0.375 e. The molecule has 0 radical (unpaired) electrons. The van der Waals surface area contributed by atoms with Crippen molar-refractivity contribution in [3.8, 4) is 11.3 Å². The number of fused-ring (bicyclic) bond motifs is 1. The zero-order valence-corrected chi connectivity index (χ0v) is 22.6. The van der Waals surface area contributed by atoms with Gasteiger partial charge in [-0.05, 0) is 42.4 Å². The first-order valence-electron chi connectivity index (χ1n) is 12.7. The highest BCUT2D eigenvalue weighted by atomic mass is 32.1. The lowest BCUT2D eigenvalue weighted by Crippen LogP contribution is -2.18. The van der Waals surface area contributed by atoms with Crippen LogP contribution in [0.25, 0.3) is 21.3 Å². The Kier molecular flexibility index (Phi) is 7.47. The number of anilines is 1. The predicted molar refractivity (Wildman–Crippen MR) is 149 cm³/mol. The lowest BCUT2D eigenvalue weighted by Gasteiger charge is -2.26. The van der Waals surface area contributed by atoms with Crippen molar-refractivity contribution in [3.63, 3.8) is 0 Å². The molecular weight excluding hydrogens is 434 g/mol. The second kappa shape index (κ2) is 10.4. The van der Waals surface area contributed by atoms with E-state index in [4.69, 9.17) is 4.98 Å². The summed E-state index contributed by atoms with van der Waals surface area (Å²) in [5, 5.41) is 5.31. The second-order valence-electron chi connectivity index (χ2n) is 10.1. The number of rotatable bonds is 9. The van der Waals surface area contributed by atoms with Crippen molar-refractivity contribution in [2.75, 3.05) is 5.32 Å². The first-order chi connectivity index (χ1) is 16.3. The Bertz CT molecular complexity index is 1240. The van der Waals surface area contributed by atoms with Gasteiger partial charge in [-0.1, -0.05) is 83.9 Å². The summed E-state index contributed by atoms with van der Waals surface area (Å²) in [6.07, 6.45) is 5.62. The molecule has 2 aromatic heterocycles. The Morgan fingerprint density at radius 1 is 0.971 bits per heavy atom. The number of para-hydroxylation sites is 1. The van der Waals surface area contributed by atoms with Crippen molar-refractivity contribution in [1.82, 2.24) is 9.55 Å². The third-order valence-electron chi connectivity index (χ3n) is 6.79. The lowest BCUT2D eigenvalue weighted by atomic mass is 9.92. The number of nitrogens with zero attached hydrogens (tertiary/aromatic N) is 2. The Hall–Kier alpha value is -2.59. The third-order valence-corrected chi connectivity index (χ3v) is 7.88. The van der Waals surface area contributed by atoms with Gasteiger partial charge < -0.3 is 9.88 Å². The van der Waals surface area contributed by atoms with Crippen LogP contribution in [0.1, 0.15) is 93.6 Å². The summed E-state index contributed by atoms with van der Waals surface area (Å²) < 4.78 is 3.57. The van der Waals surface area contributed by atoms with E-state index in [2.05, 4.69) is 107 Å². The van der Waals surface area contributed by atoms with Gasteiger partial charge in [-0.2, -0.15) is 0 Å². The first kappa shape index (κ1) is 24.5. The molecule has 0 saturated carbocycles. The van der Waals surface area contributed by atoms with E-state index in [-0.39, 0.29) is 6.04 Å². The predicted octanol–water partition coefficient (Wildman–Crippen LogP) is 9.20. The number of aryl methyl sites for hydroxylation is 2. The molecule has 0 fully saturated rings. The minimum atomic E-state index is 0.168. The number of aromatic nitrogens is 2. The molecule has 180 valence electrons. The maximum Gasteiger partial charge on any atom is 0.131 e. The van der Waals surface area contributed by atoms with Crippen molar-refractivity contribution in [1.29, 1.82) is 0 Å². The highest BCUT2D eigenvalue weighted by Crippen LogP contribution is 2.40. The van der Waals surface area contributed by atoms with E-state index in [0.717, 1.165) is 17.9 Å². The Morgan fingerprint density at radius 3 is 2.29 bits per heavy atom. The molecule has 2 heterocycles. The molecule has 4 aromatic rings. The highest BCUT2D eigenvalue weighted by molar-refractivity contribution is 7.19. The van der Waals surface area contributed by atoms with Gasteiger partial charge in [-0.15, -0.1) is 11.3 Å². The van der Waals surface area contributed by atoms with Crippen molar-refractivity contribution >= 4 is 27.1 Å². The van der Waals surface area contributed by atoms with Crippen LogP contribution in [0.5, 0.6) is 0 Å². The highest BCUT2D eigenvalue weighted by Gasteiger charge is 2.23. The summed E-state index contributed by atoms with van der Waals surface area (Å²) in [7, 11) is 2.15. The number of imidazole rings is 1. The number of nitrogens with one attached hydrogen (secondary N) is 1. The van der Waals surface area contributed by atoms with Crippen molar-refractivity contribution in [2.24, 2.45) is 7.05 Å². The molecule has 4 heteroatoms. The molecule has 0 saturated heterocycles. The molecule has 4 rings (SSSR count). The smallest absolute Gasteiger partial charge is 0.131 e. The first-order valence-corrected chi connectivity index (χ1v) is 13.5. The van der Waals surface area contributed by atoms with Gasteiger partial charge in [0.1, 0.15) is 5.82 Å². The zero-order valence-electron chi connectivity index (χ0n) is 21.8. The van der Waals surface area contributed by atoms with Crippen LogP contribution < -0.4 is 5.32 Å². The molecule has 0 amide bonds. The van der Waals surface area contributed by atoms with E-state index in [1.165, 1.54) is 50.2 Å². The number of benzene rings is 2. The van der Waals surface area contributed by atoms with E-state index in [1.807, 2.05) is 11.3 Å². The Labute approximate surface area is 209 Å². The van der Waals surface area contributed by atoms with Crippen LogP contribution in [0.15, 0.2) is 48.7 Å². The van der Waals surface area contributed by atoms with Crippen molar-refractivity contribution in [3.05, 3.63) is 70.5 Å².